The lowest BCUT2D eigenvalue weighted by atomic mass is 10.1. The van der Waals surface area contributed by atoms with Crippen molar-refractivity contribution < 1.29 is 28.7 Å². The van der Waals surface area contributed by atoms with E-state index in [0.29, 0.717) is 27.6 Å². The van der Waals surface area contributed by atoms with Crippen LogP contribution in [-0.4, -0.2) is 47.5 Å². The smallest absolute Gasteiger partial charge is 0.338 e. The summed E-state index contributed by atoms with van der Waals surface area (Å²) in [5.41, 5.74) is 2.03. The fraction of sp³-hybridized carbons (Fsp3) is 0.267. The van der Waals surface area contributed by atoms with Gasteiger partial charge < -0.3 is 9.47 Å². The number of anilines is 1. The van der Waals surface area contributed by atoms with Crippen LogP contribution in [0, 0.1) is 11.3 Å². The molecule has 1 aliphatic rings. The number of esters is 1. The molecule has 10 heteroatoms. The van der Waals surface area contributed by atoms with Gasteiger partial charge in [-0.15, -0.1) is 0 Å². The molecule has 1 unspecified atom stereocenters. The van der Waals surface area contributed by atoms with Crippen LogP contribution in [0.25, 0.3) is 0 Å². The van der Waals surface area contributed by atoms with E-state index in [2.05, 4.69) is 18.0 Å². The monoisotopic (exact) mass is 557 g/mol. The maximum absolute atomic E-state index is 13.2. The number of unbranched alkanes of at least 4 members (excludes halogenated alkanes) is 1. The average Bonchev–Trinajstić information content (AvgIpc) is 3.26. The van der Waals surface area contributed by atoms with Crippen LogP contribution in [0.2, 0.25) is 0 Å². The molecular weight excluding hydrogens is 530 g/mol. The molecule has 1 aromatic heterocycles. The highest BCUT2D eigenvalue weighted by Crippen LogP contribution is 2.35. The number of imide groups is 1. The molecule has 1 aliphatic heterocycles. The predicted molar refractivity (Wildman–Crippen MR) is 148 cm³/mol. The first kappa shape index (κ1) is 28.5. The molecule has 2 amide bonds. The molecule has 1 fully saturated rings. The fourth-order valence-electron chi connectivity index (χ4n) is 4.09. The number of amides is 2. The van der Waals surface area contributed by atoms with Crippen LogP contribution >= 0.6 is 11.8 Å². The summed E-state index contributed by atoms with van der Waals surface area (Å²) in [6.07, 6.45) is 2.70. The molecule has 4 rings (SSSR count). The Kier molecular flexibility index (Phi) is 9.30. The maximum Gasteiger partial charge on any atom is 0.338 e. The Labute approximate surface area is 236 Å². The number of Topliss-reactive ketones (excluding diaryl/α,β-unsaturated/α-hetero) is 1. The highest BCUT2D eigenvalue weighted by molar-refractivity contribution is 8.00. The summed E-state index contributed by atoms with van der Waals surface area (Å²) in [5.74, 6) is -1.39. The summed E-state index contributed by atoms with van der Waals surface area (Å²) < 4.78 is 10.3. The van der Waals surface area contributed by atoms with Gasteiger partial charge in [0.15, 0.2) is 12.4 Å². The van der Waals surface area contributed by atoms with Crippen LogP contribution in [0.3, 0.4) is 0 Å². The summed E-state index contributed by atoms with van der Waals surface area (Å²) in [5, 5.41) is 9.21. The molecular formula is C30H27N3O6S. The maximum atomic E-state index is 13.2. The molecule has 3 aromatic rings. The van der Waals surface area contributed by atoms with E-state index in [1.807, 2.05) is 6.07 Å². The third-order valence-electron chi connectivity index (χ3n) is 6.27. The molecule has 9 nitrogen and oxygen atoms in total. The second-order valence-electron chi connectivity index (χ2n) is 9.03. The van der Waals surface area contributed by atoms with Crippen LogP contribution in [0.4, 0.5) is 5.69 Å². The summed E-state index contributed by atoms with van der Waals surface area (Å²) in [4.78, 5) is 56.5. The van der Waals surface area contributed by atoms with Crippen molar-refractivity contribution in [2.45, 2.75) is 42.9 Å². The van der Waals surface area contributed by atoms with Gasteiger partial charge in [-0.05, 0) is 61.4 Å². The molecule has 0 aliphatic carbocycles. The van der Waals surface area contributed by atoms with Gasteiger partial charge in [-0.3, -0.25) is 14.4 Å². The van der Waals surface area contributed by atoms with E-state index in [1.165, 1.54) is 31.4 Å². The minimum atomic E-state index is -0.721. The number of aryl methyl sites for hydroxylation is 1. The SMILES string of the molecule is CCCCc1ccc(C#N)c(SC2CC(=O)N(c3ccc(C(=O)OCC(=O)c4cccc(OC)c4)cc3)C2=O)n1. The summed E-state index contributed by atoms with van der Waals surface area (Å²) in [6, 6.07) is 18.0. The van der Waals surface area contributed by atoms with Crippen LogP contribution < -0.4 is 9.64 Å². The van der Waals surface area contributed by atoms with Gasteiger partial charge in [0, 0.05) is 17.7 Å². The quantitative estimate of drug-likeness (QED) is 0.186. The number of benzene rings is 2. The Balaban J connectivity index is 1.40. The van der Waals surface area contributed by atoms with Gasteiger partial charge >= 0.3 is 5.97 Å². The standard InChI is InChI=1S/C30H27N3O6S/c1-3-4-7-22-12-9-21(17-31)28(32-22)40-26-16-27(35)33(29(26)36)23-13-10-19(11-14-23)30(37)39-18-25(34)20-6-5-8-24(15-20)38-2/h5-6,8-15,26H,3-4,7,16,18H2,1-2H3. The topological polar surface area (TPSA) is 127 Å². The molecule has 1 saturated heterocycles. The minimum absolute atomic E-state index is 0.0363. The number of aromatic nitrogens is 1. The van der Waals surface area contributed by atoms with E-state index in [4.69, 9.17) is 9.47 Å². The minimum Gasteiger partial charge on any atom is -0.497 e. The van der Waals surface area contributed by atoms with Crippen molar-refractivity contribution in [1.82, 2.24) is 4.98 Å². The number of methoxy groups -OCH3 is 1. The lowest BCUT2D eigenvalue weighted by molar-refractivity contribution is -0.121. The summed E-state index contributed by atoms with van der Waals surface area (Å²) in [6.45, 7) is 1.63. The Morgan fingerprint density at radius 2 is 1.88 bits per heavy atom. The van der Waals surface area contributed by atoms with Gasteiger partial charge in [0.1, 0.15) is 16.8 Å². The molecule has 0 bridgehead atoms. The zero-order chi connectivity index (χ0) is 28.6. The van der Waals surface area contributed by atoms with Crippen LogP contribution in [-0.2, 0) is 20.7 Å². The normalized spacial score (nSPS) is 14.6. The van der Waals surface area contributed by atoms with Crippen LogP contribution in [0.15, 0.2) is 65.7 Å². The molecule has 2 aromatic carbocycles. The second kappa shape index (κ2) is 13.0. The molecule has 0 saturated carbocycles. The molecule has 204 valence electrons. The number of hydrogen-bond donors (Lipinski definition) is 0. The number of ketones is 1. The Hall–Kier alpha value is -4.49. The van der Waals surface area contributed by atoms with Gasteiger partial charge in [0.25, 0.3) is 0 Å². The van der Waals surface area contributed by atoms with Gasteiger partial charge in [0.2, 0.25) is 11.8 Å². The van der Waals surface area contributed by atoms with Crippen molar-refractivity contribution >= 4 is 41.0 Å². The van der Waals surface area contributed by atoms with E-state index >= 15 is 0 Å². The second-order valence-corrected chi connectivity index (χ2v) is 10.2. The average molecular weight is 558 g/mol. The van der Waals surface area contributed by atoms with Crippen molar-refractivity contribution in [3.05, 3.63) is 83.0 Å². The third kappa shape index (κ3) is 6.55. The Morgan fingerprint density at radius 1 is 1.10 bits per heavy atom. The van der Waals surface area contributed by atoms with Gasteiger partial charge in [-0.25, -0.2) is 14.7 Å². The van der Waals surface area contributed by atoms with E-state index in [0.717, 1.165) is 41.6 Å². The highest BCUT2D eigenvalue weighted by Gasteiger charge is 2.40. The van der Waals surface area contributed by atoms with E-state index in [9.17, 15) is 24.4 Å². The van der Waals surface area contributed by atoms with Gasteiger partial charge in [0.05, 0.1) is 29.2 Å². The Morgan fingerprint density at radius 3 is 2.58 bits per heavy atom. The zero-order valence-corrected chi connectivity index (χ0v) is 22.9. The van der Waals surface area contributed by atoms with E-state index in [-0.39, 0.29) is 23.7 Å². The number of thioether (sulfide) groups is 1. The number of nitrogens with zero attached hydrogens (tertiary/aromatic N) is 3. The number of carbonyl (C=O) groups excluding carboxylic acids is 4. The molecule has 2 heterocycles. The van der Waals surface area contributed by atoms with Crippen molar-refractivity contribution in [3.8, 4) is 11.8 Å². The molecule has 0 spiro atoms. The highest BCUT2D eigenvalue weighted by atomic mass is 32.2. The molecule has 0 N–H and O–H groups in total. The van der Waals surface area contributed by atoms with Crippen molar-refractivity contribution in [1.29, 1.82) is 5.26 Å². The third-order valence-corrected chi connectivity index (χ3v) is 7.46. The van der Waals surface area contributed by atoms with E-state index in [1.54, 1.807) is 30.3 Å². The summed E-state index contributed by atoms with van der Waals surface area (Å²) >= 11 is 1.12. The first-order valence-electron chi connectivity index (χ1n) is 12.7. The number of pyridine rings is 1. The fourth-order valence-corrected chi connectivity index (χ4v) is 5.21. The van der Waals surface area contributed by atoms with Crippen molar-refractivity contribution in [3.63, 3.8) is 0 Å². The predicted octanol–water partition coefficient (Wildman–Crippen LogP) is 4.77. The number of nitriles is 1. The molecule has 0 radical (unpaired) electrons. The van der Waals surface area contributed by atoms with Crippen molar-refractivity contribution in [2.75, 3.05) is 18.6 Å². The molecule has 40 heavy (non-hydrogen) atoms. The number of rotatable bonds is 11. The number of ether oxygens (including phenoxy) is 2. The van der Waals surface area contributed by atoms with Gasteiger partial charge in [-0.1, -0.05) is 37.2 Å². The van der Waals surface area contributed by atoms with E-state index < -0.39 is 23.7 Å². The lowest BCUT2D eigenvalue weighted by Crippen LogP contribution is -2.31. The zero-order valence-electron chi connectivity index (χ0n) is 22.1. The summed E-state index contributed by atoms with van der Waals surface area (Å²) in [7, 11) is 1.49. The van der Waals surface area contributed by atoms with Gasteiger partial charge in [-0.2, -0.15) is 5.26 Å². The first-order chi connectivity index (χ1) is 19.3. The van der Waals surface area contributed by atoms with Crippen molar-refractivity contribution in [2.24, 2.45) is 0 Å². The number of hydrogen-bond acceptors (Lipinski definition) is 9. The Bertz CT molecular complexity index is 1480. The lowest BCUT2D eigenvalue weighted by Gasteiger charge is -2.15. The largest absolute Gasteiger partial charge is 0.497 e. The van der Waals surface area contributed by atoms with Crippen LogP contribution in [0.5, 0.6) is 5.75 Å². The first-order valence-corrected chi connectivity index (χ1v) is 13.6. The number of carbonyl (C=O) groups is 4. The molecule has 1 atom stereocenters. The van der Waals surface area contributed by atoms with Crippen LogP contribution in [0.1, 0.15) is 58.2 Å².